The maximum absolute atomic E-state index is 12.7. The van der Waals surface area contributed by atoms with Gasteiger partial charge in [0, 0.05) is 32.1 Å². The molecule has 0 bridgehead atoms. The lowest BCUT2D eigenvalue weighted by Gasteiger charge is -2.36. The van der Waals surface area contributed by atoms with Crippen LogP contribution in [0.3, 0.4) is 0 Å². The van der Waals surface area contributed by atoms with E-state index in [4.69, 9.17) is 0 Å². The van der Waals surface area contributed by atoms with E-state index in [1.54, 1.807) is 0 Å². The van der Waals surface area contributed by atoms with Gasteiger partial charge in [0.25, 0.3) is 0 Å². The minimum atomic E-state index is 0.259. The van der Waals surface area contributed by atoms with Crippen LogP contribution in [0.25, 0.3) is 0 Å². The van der Waals surface area contributed by atoms with E-state index in [1.807, 2.05) is 24.3 Å². The second kappa shape index (κ2) is 7.93. The van der Waals surface area contributed by atoms with Gasteiger partial charge < -0.3 is 10.2 Å². The maximum Gasteiger partial charge on any atom is 0.223 e. The van der Waals surface area contributed by atoms with Crippen LogP contribution in [0.5, 0.6) is 0 Å². The lowest BCUT2D eigenvalue weighted by atomic mass is 10.0. The van der Waals surface area contributed by atoms with Crippen molar-refractivity contribution in [3.05, 3.63) is 71.8 Å². The second-order valence-corrected chi connectivity index (χ2v) is 6.12. The van der Waals surface area contributed by atoms with Crippen LogP contribution in [0.15, 0.2) is 60.7 Å². The molecule has 0 saturated carbocycles. The van der Waals surface area contributed by atoms with Crippen molar-refractivity contribution in [1.82, 2.24) is 10.2 Å². The van der Waals surface area contributed by atoms with Crippen molar-refractivity contribution in [3.63, 3.8) is 0 Å². The summed E-state index contributed by atoms with van der Waals surface area (Å²) >= 11 is 0. The van der Waals surface area contributed by atoms with Gasteiger partial charge in [0.05, 0.1) is 0 Å². The number of carbonyl (C=O) groups is 1. The van der Waals surface area contributed by atoms with Gasteiger partial charge in [-0.3, -0.25) is 4.79 Å². The fourth-order valence-electron chi connectivity index (χ4n) is 3.20. The van der Waals surface area contributed by atoms with Crippen molar-refractivity contribution in [2.24, 2.45) is 0 Å². The monoisotopic (exact) mass is 308 g/mol. The molecule has 1 aliphatic rings. The van der Waals surface area contributed by atoms with Crippen molar-refractivity contribution in [2.45, 2.75) is 25.3 Å². The van der Waals surface area contributed by atoms with Crippen molar-refractivity contribution in [1.29, 1.82) is 0 Å². The number of carbonyl (C=O) groups excluding carboxylic acids is 1. The summed E-state index contributed by atoms with van der Waals surface area (Å²) < 4.78 is 0. The van der Waals surface area contributed by atoms with E-state index in [0.29, 0.717) is 6.42 Å². The van der Waals surface area contributed by atoms with E-state index in [-0.39, 0.29) is 11.9 Å². The average Bonchev–Trinajstić information content (AvgIpc) is 2.62. The van der Waals surface area contributed by atoms with Crippen LogP contribution >= 0.6 is 0 Å². The Bertz CT molecular complexity index is 612. The maximum atomic E-state index is 12.7. The highest BCUT2D eigenvalue weighted by Gasteiger charge is 2.26. The van der Waals surface area contributed by atoms with E-state index in [9.17, 15) is 4.79 Å². The van der Waals surface area contributed by atoms with Crippen LogP contribution in [-0.2, 0) is 17.6 Å². The molecule has 2 aromatic carbocycles. The number of hydrogen-bond acceptors (Lipinski definition) is 2. The molecule has 1 saturated heterocycles. The van der Waals surface area contributed by atoms with Crippen LogP contribution in [0.2, 0.25) is 0 Å². The van der Waals surface area contributed by atoms with Crippen LogP contribution in [-0.4, -0.2) is 36.5 Å². The smallest absolute Gasteiger partial charge is 0.223 e. The quantitative estimate of drug-likeness (QED) is 0.921. The third-order valence-electron chi connectivity index (χ3n) is 4.46. The summed E-state index contributed by atoms with van der Waals surface area (Å²) in [6.45, 7) is 2.58. The summed E-state index contributed by atoms with van der Waals surface area (Å²) in [5.41, 5.74) is 2.53. The topological polar surface area (TPSA) is 32.3 Å². The minimum absolute atomic E-state index is 0.259. The molecule has 3 rings (SSSR count). The van der Waals surface area contributed by atoms with Gasteiger partial charge in [0.2, 0.25) is 5.91 Å². The molecular weight excluding hydrogens is 284 g/mol. The lowest BCUT2D eigenvalue weighted by molar-refractivity contribution is -0.134. The van der Waals surface area contributed by atoms with Crippen LogP contribution < -0.4 is 5.32 Å². The third-order valence-corrected chi connectivity index (χ3v) is 4.46. The first kappa shape index (κ1) is 15.8. The Morgan fingerprint density at radius 3 is 2.35 bits per heavy atom. The normalized spacial score (nSPS) is 17.9. The molecule has 3 heteroatoms. The van der Waals surface area contributed by atoms with Crippen molar-refractivity contribution < 1.29 is 4.79 Å². The van der Waals surface area contributed by atoms with Crippen LogP contribution in [0.4, 0.5) is 0 Å². The molecular formula is C20H24N2O. The molecule has 0 spiro atoms. The Labute approximate surface area is 138 Å². The van der Waals surface area contributed by atoms with Gasteiger partial charge >= 0.3 is 0 Å². The minimum Gasteiger partial charge on any atom is -0.337 e. The molecule has 3 nitrogen and oxygen atoms in total. The number of piperazine rings is 1. The number of aryl methyl sites for hydroxylation is 1. The molecule has 1 N–H and O–H groups in total. The molecule has 0 radical (unpaired) electrons. The van der Waals surface area contributed by atoms with Gasteiger partial charge in [-0.2, -0.15) is 0 Å². The number of hydrogen-bond donors (Lipinski definition) is 1. The van der Waals surface area contributed by atoms with E-state index in [0.717, 1.165) is 32.5 Å². The molecule has 2 aromatic rings. The molecule has 1 unspecified atom stereocenters. The SMILES string of the molecule is O=C(CCc1ccccc1)N1CCNCC1Cc1ccccc1. The summed E-state index contributed by atoms with van der Waals surface area (Å²) in [5, 5.41) is 3.42. The van der Waals surface area contributed by atoms with E-state index >= 15 is 0 Å². The zero-order valence-electron chi connectivity index (χ0n) is 13.4. The lowest BCUT2D eigenvalue weighted by Crippen LogP contribution is -2.54. The molecule has 1 heterocycles. The third kappa shape index (κ3) is 4.42. The van der Waals surface area contributed by atoms with Gasteiger partial charge in [0.15, 0.2) is 0 Å². The summed E-state index contributed by atoms with van der Waals surface area (Å²) in [5.74, 6) is 0.274. The molecule has 1 atom stereocenters. The molecule has 0 aliphatic carbocycles. The zero-order valence-corrected chi connectivity index (χ0v) is 13.4. The number of benzene rings is 2. The summed E-state index contributed by atoms with van der Waals surface area (Å²) in [7, 11) is 0. The molecule has 0 aromatic heterocycles. The Morgan fingerprint density at radius 2 is 1.65 bits per heavy atom. The highest BCUT2D eigenvalue weighted by atomic mass is 16.2. The first-order valence-electron chi connectivity index (χ1n) is 8.41. The molecule has 1 amide bonds. The largest absolute Gasteiger partial charge is 0.337 e. The average molecular weight is 308 g/mol. The van der Waals surface area contributed by atoms with Gasteiger partial charge in [-0.25, -0.2) is 0 Å². The fourth-order valence-corrected chi connectivity index (χ4v) is 3.20. The Hall–Kier alpha value is -2.13. The second-order valence-electron chi connectivity index (χ2n) is 6.12. The predicted molar refractivity (Wildman–Crippen MR) is 93.3 cm³/mol. The highest BCUT2D eigenvalue weighted by Crippen LogP contribution is 2.14. The Balaban J connectivity index is 1.60. The van der Waals surface area contributed by atoms with Gasteiger partial charge in [-0.15, -0.1) is 0 Å². The van der Waals surface area contributed by atoms with E-state index in [2.05, 4.69) is 46.6 Å². The standard InChI is InChI=1S/C20H24N2O/c23-20(12-11-17-7-3-1-4-8-17)22-14-13-21-16-19(22)15-18-9-5-2-6-10-18/h1-10,19,21H,11-16H2. The van der Waals surface area contributed by atoms with Crippen molar-refractivity contribution >= 4 is 5.91 Å². The molecule has 1 aliphatic heterocycles. The van der Waals surface area contributed by atoms with Gasteiger partial charge in [-0.1, -0.05) is 60.7 Å². The Kier molecular flexibility index (Phi) is 5.43. The van der Waals surface area contributed by atoms with Crippen molar-refractivity contribution in [3.8, 4) is 0 Å². The number of nitrogens with zero attached hydrogens (tertiary/aromatic N) is 1. The van der Waals surface area contributed by atoms with Crippen molar-refractivity contribution in [2.75, 3.05) is 19.6 Å². The fraction of sp³-hybridized carbons (Fsp3) is 0.350. The van der Waals surface area contributed by atoms with Crippen LogP contribution in [0.1, 0.15) is 17.5 Å². The van der Waals surface area contributed by atoms with E-state index < -0.39 is 0 Å². The van der Waals surface area contributed by atoms with Gasteiger partial charge in [-0.05, 0) is 24.0 Å². The van der Waals surface area contributed by atoms with E-state index in [1.165, 1.54) is 11.1 Å². The molecule has 1 fully saturated rings. The predicted octanol–water partition coefficient (Wildman–Crippen LogP) is 2.66. The number of nitrogens with one attached hydrogen (secondary N) is 1. The summed E-state index contributed by atoms with van der Waals surface area (Å²) in [6.07, 6.45) is 2.34. The van der Waals surface area contributed by atoms with Gasteiger partial charge in [0.1, 0.15) is 0 Å². The molecule has 23 heavy (non-hydrogen) atoms. The molecule has 120 valence electrons. The number of rotatable bonds is 5. The number of amides is 1. The highest BCUT2D eigenvalue weighted by molar-refractivity contribution is 5.77. The first-order valence-corrected chi connectivity index (χ1v) is 8.41. The first-order chi connectivity index (χ1) is 11.3. The van der Waals surface area contributed by atoms with Crippen LogP contribution in [0, 0.1) is 0 Å². The summed E-state index contributed by atoms with van der Waals surface area (Å²) in [4.78, 5) is 14.7. The summed E-state index contributed by atoms with van der Waals surface area (Å²) in [6, 6.07) is 20.9. The zero-order chi connectivity index (χ0) is 15.9. The Morgan fingerprint density at radius 1 is 1.00 bits per heavy atom.